The number of hydrogen-bond acceptors (Lipinski definition) is 2. The van der Waals surface area contributed by atoms with Gasteiger partial charge < -0.3 is 9.88 Å². The molecule has 1 heterocycles. The topological polar surface area (TPSA) is 29.9 Å². The van der Waals surface area contributed by atoms with E-state index in [0.29, 0.717) is 5.92 Å². The Morgan fingerprint density at radius 3 is 2.50 bits per heavy atom. The van der Waals surface area contributed by atoms with Crippen LogP contribution in [0.2, 0.25) is 0 Å². The molecule has 0 spiro atoms. The average molecular weight is 223 g/mol. The Bertz CT molecular complexity index is 331. The zero-order valence-corrected chi connectivity index (χ0v) is 11.5. The van der Waals surface area contributed by atoms with E-state index in [4.69, 9.17) is 0 Å². The molecule has 0 aliphatic carbocycles. The van der Waals surface area contributed by atoms with Crippen molar-refractivity contribution >= 4 is 5.95 Å². The first kappa shape index (κ1) is 13.1. The maximum Gasteiger partial charge on any atom is 0.203 e. The van der Waals surface area contributed by atoms with Crippen molar-refractivity contribution in [3.05, 3.63) is 11.9 Å². The van der Waals surface area contributed by atoms with Crippen LogP contribution in [0.5, 0.6) is 0 Å². The van der Waals surface area contributed by atoms with E-state index in [0.717, 1.165) is 24.7 Å². The molecule has 0 bridgehead atoms. The Hall–Kier alpha value is -0.990. The Balaban J connectivity index is 2.71. The second-order valence-electron chi connectivity index (χ2n) is 6.17. The van der Waals surface area contributed by atoms with Gasteiger partial charge in [0, 0.05) is 19.3 Å². The second kappa shape index (κ2) is 4.89. The Labute approximate surface area is 99.3 Å². The predicted octanol–water partition coefficient (Wildman–Crippen LogP) is 3.31. The van der Waals surface area contributed by atoms with Gasteiger partial charge in [-0.25, -0.2) is 4.98 Å². The van der Waals surface area contributed by atoms with E-state index in [1.165, 1.54) is 0 Å². The summed E-state index contributed by atoms with van der Waals surface area (Å²) in [6.07, 6.45) is 2.12. The minimum absolute atomic E-state index is 0.280. The number of hydrogen-bond donors (Lipinski definition) is 1. The van der Waals surface area contributed by atoms with Crippen LogP contribution in [0.25, 0.3) is 0 Å². The van der Waals surface area contributed by atoms with Crippen molar-refractivity contribution in [2.75, 3.05) is 11.9 Å². The van der Waals surface area contributed by atoms with E-state index in [1.807, 2.05) is 6.92 Å². The van der Waals surface area contributed by atoms with Crippen molar-refractivity contribution in [3.63, 3.8) is 0 Å². The number of aromatic nitrogens is 2. The highest BCUT2D eigenvalue weighted by atomic mass is 15.2. The molecule has 0 unspecified atom stereocenters. The lowest BCUT2D eigenvalue weighted by Gasteiger charge is -2.20. The smallest absolute Gasteiger partial charge is 0.203 e. The molecule has 0 saturated heterocycles. The molecule has 1 N–H and O–H groups in total. The molecule has 1 rings (SSSR count). The molecule has 0 atom stereocenters. The van der Waals surface area contributed by atoms with Crippen molar-refractivity contribution in [2.45, 2.75) is 48.1 Å². The maximum atomic E-state index is 4.52. The van der Waals surface area contributed by atoms with Crippen molar-refractivity contribution < 1.29 is 0 Å². The molecule has 0 saturated carbocycles. The first-order chi connectivity index (χ1) is 7.28. The van der Waals surface area contributed by atoms with Crippen LogP contribution in [0.15, 0.2) is 6.20 Å². The third-order valence-corrected chi connectivity index (χ3v) is 2.24. The third-order valence-electron chi connectivity index (χ3n) is 2.24. The van der Waals surface area contributed by atoms with Gasteiger partial charge in [0.2, 0.25) is 5.95 Å². The van der Waals surface area contributed by atoms with E-state index in [2.05, 4.69) is 55.7 Å². The number of nitrogens with zero attached hydrogens (tertiary/aromatic N) is 2. The first-order valence-corrected chi connectivity index (χ1v) is 6.05. The van der Waals surface area contributed by atoms with Gasteiger partial charge in [-0.05, 0) is 18.3 Å². The number of imidazole rings is 1. The van der Waals surface area contributed by atoms with E-state index in [1.54, 1.807) is 0 Å². The van der Waals surface area contributed by atoms with Gasteiger partial charge in [0.25, 0.3) is 0 Å². The summed E-state index contributed by atoms with van der Waals surface area (Å²) in [5, 5.41) is 3.43. The fourth-order valence-electron chi connectivity index (χ4n) is 1.56. The van der Waals surface area contributed by atoms with E-state index < -0.39 is 0 Å². The summed E-state index contributed by atoms with van der Waals surface area (Å²) >= 11 is 0. The lowest BCUT2D eigenvalue weighted by Crippen LogP contribution is -2.21. The highest BCUT2D eigenvalue weighted by molar-refractivity contribution is 5.29. The van der Waals surface area contributed by atoms with Crippen LogP contribution >= 0.6 is 0 Å². The van der Waals surface area contributed by atoms with Crippen LogP contribution < -0.4 is 5.32 Å². The quantitative estimate of drug-likeness (QED) is 0.848. The number of anilines is 1. The summed E-state index contributed by atoms with van der Waals surface area (Å²) in [7, 11) is 0. The normalized spacial score (nSPS) is 12.2. The van der Waals surface area contributed by atoms with Gasteiger partial charge in [0.1, 0.15) is 0 Å². The molecular formula is C13H25N3. The minimum atomic E-state index is 0.280. The molecular weight excluding hydrogens is 198 g/mol. The van der Waals surface area contributed by atoms with Gasteiger partial charge in [0.05, 0.1) is 5.69 Å². The molecule has 0 amide bonds. The summed E-state index contributed by atoms with van der Waals surface area (Å²) in [5.41, 5.74) is 1.36. The van der Waals surface area contributed by atoms with Crippen LogP contribution in [0.4, 0.5) is 5.95 Å². The van der Waals surface area contributed by atoms with Crippen LogP contribution in [-0.2, 0) is 6.54 Å². The van der Waals surface area contributed by atoms with Crippen LogP contribution in [0.3, 0.4) is 0 Å². The molecule has 3 nitrogen and oxygen atoms in total. The van der Waals surface area contributed by atoms with Gasteiger partial charge in [-0.15, -0.1) is 0 Å². The Kier molecular flexibility index (Phi) is 4.00. The monoisotopic (exact) mass is 223 g/mol. The lowest BCUT2D eigenvalue weighted by molar-refractivity contribution is 0.439. The van der Waals surface area contributed by atoms with E-state index >= 15 is 0 Å². The molecule has 1 aromatic rings. The van der Waals surface area contributed by atoms with Crippen LogP contribution in [0.1, 0.15) is 40.3 Å². The van der Waals surface area contributed by atoms with Crippen molar-refractivity contribution in [3.8, 4) is 0 Å². The van der Waals surface area contributed by atoms with Gasteiger partial charge >= 0.3 is 0 Å². The minimum Gasteiger partial charge on any atom is -0.355 e. The van der Waals surface area contributed by atoms with Gasteiger partial charge in [0.15, 0.2) is 0 Å². The Morgan fingerprint density at radius 2 is 2.00 bits per heavy atom. The number of aryl methyl sites for hydroxylation is 1. The van der Waals surface area contributed by atoms with Gasteiger partial charge in [-0.1, -0.05) is 34.6 Å². The molecule has 0 aliphatic rings. The van der Waals surface area contributed by atoms with Crippen molar-refractivity contribution in [1.29, 1.82) is 0 Å². The molecule has 16 heavy (non-hydrogen) atoms. The van der Waals surface area contributed by atoms with Crippen molar-refractivity contribution in [1.82, 2.24) is 9.55 Å². The molecule has 0 aliphatic heterocycles. The summed E-state index contributed by atoms with van der Waals surface area (Å²) in [6, 6.07) is 0. The summed E-state index contributed by atoms with van der Waals surface area (Å²) in [5.74, 6) is 1.64. The summed E-state index contributed by atoms with van der Waals surface area (Å²) in [6.45, 7) is 15.1. The molecule has 92 valence electrons. The zero-order chi connectivity index (χ0) is 12.3. The maximum absolute atomic E-state index is 4.52. The van der Waals surface area contributed by atoms with E-state index in [9.17, 15) is 0 Å². The standard InChI is InChI=1S/C13H25N3/c1-10(2)7-16-8-11(3)15-12(16)14-9-13(4,5)6/h8,10H,7,9H2,1-6H3,(H,14,15). The second-order valence-corrected chi connectivity index (χ2v) is 6.17. The van der Waals surface area contributed by atoms with Crippen LogP contribution in [-0.4, -0.2) is 16.1 Å². The lowest BCUT2D eigenvalue weighted by atomic mass is 9.97. The SMILES string of the molecule is Cc1cn(CC(C)C)c(NCC(C)(C)C)n1. The number of rotatable bonds is 4. The molecule has 3 heteroatoms. The molecule has 0 fully saturated rings. The largest absolute Gasteiger partial charge is 0.355 e. The molecule has 1 aromatic heterocycles. The fraction of sp³-hybridized carbons (Fsp3) is 0.769. The van der Waals surface area contributed by atoms with Crippen molar-refractivity contribution in [2.24, 2.45) is 11.3 Å². The van der Waals surface area contributed by atoms with Gasteiger partial charge in [-0.3, -0.25) is 0 Å². The third kappa shape index (κ3) is 4.25. The predicted molar refractivity (Wildman–Crippen MR) is 69.7 cm³/mol. The zero-order valence-electron chi connectivity index (χ0n) is 11.5. The van der Waals surface area contributed by atoms with Gasteiger partial charge in [-0.2, -0.15) is 0 Å². The number of nitrogens with one attached hydrogen (secondary N) is 1. The van der Waals surface area contributed by atoms with Crippen LogP contribution in [0, 0.1) is 18.3 Å². The molecule has 0 aromatic carbocycles. The highest BCUT2D eigenvalue weighted by Gasteiger charge is 2.12. The first-order valence-electron chi connectivity index (χ1n) is 6.05. The summed E-state index contributed by atoms with van der Waals surface area (Å²) < 4.78 is 2.21. The van der Waals surface area contributed by atoms with E-state index in [-0.39, 0.29) is 5.41 Å². The Morgan fingerprint density at radius 1 is 1.38 bits per heavy atom. The summed E-state index contributed by atoms with van der Waals surface area (Å²) in [4.78, 5) is 4.52. The highest BCUT2D eigenvalue weighted by Crippen LogP contribution is 2.16. The molecule has 0 radical (unpaired) electrons. The fourth-order valence-corrected chi connectivity index (χ4v) is 1.56. The average Bonchev–Trinajstić information content (AvgIpc) is 2.40.